The average Bonchev–Trinajstić information content (AvgIpc) is 2.27. The molecule has 3 N–H and O–H groups in total. The predicted octanol–water partition coefficient (Wildman–Crippen LogP) is 1.16. The summed E-state index contributed by atoms with van der Waals surface area (Å²) in [6, 6.07) is 1.68. The van der Waals surface area contributed by atoms with E-state index in [0.29, 0.717) is 12.2 Å². The van der Waals surface area contributed by atoms with Crippen molar-refractivity contribution < 1.29 is 5.11 Å². The summed E-state index contributed by atoms with van der Waals surface area (Å²) < 4.78 is 0. The van der Waals surface area contributed by atoms with Crippen molar-refractivity contribution in [2.45, 2.75) is 19.6 Å². The van der Waals surface area contributed by atoms with Crippen LogP contribution in [-0.2, 0) is 19.6 Å². The Bertz CT molecular complexity index is 421. The average molecular weight is 280 g/mol. The Labute approximate surface area is 122 Å². The van der Waals surface area contributed by atoms with Gasteiger partial charge in [0, 0.05) is 37.0 Å². The molecule has 5 heteroatoms. The van der Waals surface area contributed by atoms with Crippen LogP contribution in [0.25, 0.3) is 0 Å². The van der Waals surface area contributed by atoms with Crippen molar-refractivity contribution in [1.82, 2.24) is 14.7 Å². The van der Waals surface area contributed by atoms with Gasteiger partial charge in [0.2, 0.25) is 0 Å². The van der Waals surface area contributed by atoms with Crippen LogP contribution in [0.1, 0.15) is 16.7 Å². The van der Waals surface area contributed by atoms with Crippen LogP contribution in [0, 0.1) is 0 Å². The summed E-state index contributed by atoms with van der Waals surface area (Å²) in [5, 5.41) is 10.3. The highest BCUT2D eigenvalue weighted by Gasteiger charge is 2.18. The van der Waals surface area contributed by atoms with E-state index < -0.39 is 0 Å². The van der Waals surface area contributed by atoms with E-state index in [-0.39, 0.29) is 5.75 Å². The van der Waals surface area contributed by atoms with E-state index >= 15 is 0 Å². The van der Waals surface area contributed by atoms with Crippen LogP contribution in [0.2, 0.25) is 0 Å². The Morgan fingerprint density at radius 3 is 1.65 bits per heavy atom. The predicted molar refractivity (Wildman–Crippen MR) is 84.7 cm³/mol. The van der Waals surface area contributed by atoms with Gasteiger partial charge >= 0.3 is 0 Å². The molecule has 1 rings (SSSR count). The molecule has 0 saturated heterocycles. The van der Waals surface area contributed by atoms with Gasteiger partial charge in [0.15, 0.2) is 0 Å². The zero-order valence-corrected chi connectivity index (χ0v) is 13.6. The van der Waals surface area contributed by atoms with E-state index in [0.717, 1.165) is 29.8 Å². The number of nitrogens with zero attached hydrogens (tertiary/aromatic N) is 3. The second-order valence-corrected chi connectivity index (χ2v) is 6.13. The third-order valence-electron chi connectivity index (χ3n) is 3.10. The molecule has 0 amide bonds. The zero-order chi connectivity index (χ0) is 15.4. The number of phenolic OH excluding ortho intramolecular Hbond substituents is 1. The minimum Gasteiger partial charge on any atom is -0.508 e. The summed E-state index contributed by atoms with van der Waals surface area (Å²) in [5.74, 6) is 0.288. The van der Waals surface area contributed by atoms with Gasteiger partial charge in [-0.2, -0.15) is 0 Å². The number of hydrogen-bond acceptors (Lipinski definition) is 5. The van der Waals surface area contributed by atoms with Crippen LogP contribution >= 0.6 is 0 Å². The quantitative estimate of drug-likeness (QED) is 0.766. The van der Waals surface area contributed by atoms with Crippen molar-refractivity contribution in [2.24, 2.45) is 0 Å². The topological polar surface area (TPSA) is 56.0 Å². The minimum atomic E-state index is 0.288. The van der Waals surface area contributed by atoms with Crippen molar-refractivity contribution in [1.29, 1.82) is 0 Å². The van der Waals surface area contributed by atoms with E-state index in [1.54, 1.807) is 6.07 Å². The van der Waals surface area contributed by atoms with Gasteiger partial charge in [0.05, 0.1) is 0 Å². The normalized spacial score (nSPS) is 11.8. The maximum absolute atomic E-state index is 10.3. The van der Waals surface area contributed by atoms with Crippen LogP contribution in [0.15, 0.2) is 6.07 Å². The molecular formula is C15H28N4O. The molecule has 0 aliphatic heterocycles. The molecule has 114 valence electrons. The van der Waals surface area contributed by atoms with Crippen LogP contribution in [0.4, 0.5) is 5.69 Å². The van der Waals surface area contributed by atoms with Gasteiger partial charge in [-0.05, 0) is 53.4 Å². The molecule has 5 nitrogen and oxygen atoms in total. The molecular weight excluding hydrogens is 252 g/mol. The Morgan fingerprint density at radius 1 is 0.800 bits per heavy atom. The molecule has 0 aliphatic rings. The second-order valence-electron chi connectivity index (χ2n) is 6.13. The zero-order valence-electron chi connectivity index (χ0n) is 13.6. The lowest BCUT2D eigenvalue weighted by molar-refractivity contribution is 0.359. The Balaban J connectivity index is 3.39. The standard InChI is InChI=1S/C15H28N4O/c1-17(2)8-11-12(9-18(3)4)14(16)7-15(20)13(11)10-19(5)6/h7,20H,8-10,16H2,1-6H3. The van der Waals surface area contributed by atoms with Gasteiger partial charge in [-0.25, -0.2) is 0 Å². The largest absolute Gasteiger partial charge is 0.508 e. The highest BCUT2D eigenvalue weighted by Crippen LogP contribution is 2.32. The van der Waals surface area contributed by atoms with E-state index in [1.165, 1.54) is 0 Å². The fourth-order valence-corrected chi connectivity index (χ4v) is 2.34. The molecule has 0 bridgehead atoms. The molecule has 20 heavy (non-hydrogen) atoms. The molecule has 0 fully saturated rings. The number of nitrogen functional groups attached to an aromatic ring is 1. The van der Waals surface area contributed by atoms with Crippen molar-refractivity contribution in [2.75, 3.05) is 48.0 Å². The van der Waals surface area contributed by atoms with Crippen molar-refractivity contribution in [3.05, 3.63) is 22.8 Å². The van der Waals surface area contributed by atoms with Gasteiger partial charge < -0.3 is 25.5 Å². The van der Waals surface area contributed by atoms with Crippen LogP contribution in [0.5, 0.6) is 5.75 Å². The Morgan fingerprint density at radius 2 is 1.20 bits per heavy atom. The molecule has 0 spiro atoms. The lowest BCUT2D eigenvalue weighted by Crippen LogP contribution is -2.21. The third-order valence-corrected chi connectivity index (χ3v) is 3.10. The van der Waals surface area contributed by atoms with Crippen molar-refractivity contribution in [3.8, 4) is 5.75 Å². The summed E-state index contributed by atoms with van der Waals surface area (Å²) in [6.07, 6.45) is 0. The summed E-state index contributed by atoms with van der Waals surface area (Å²) >= 11 is 0. The highest BCUT2D eigenvalue weighted by molar-refractivity contribution is 5.59. The van der Waals surface area contributed by atoms with E-state index in [1.807, 2.05) is 42.3 Å². The molecule has 0 atom stereocenters. The van der Waals surface area contributed by atoms with Gasteiger partial charge in [0.1, 0.15) is 5.75 Å². The molecule has 0 heterocycles. The summed E-state index contributed by atoms with van der Waals surface area (Å²) in [5.41, 5.74) is 10.0. The lowest BCUT2D eigenvalue weighted by atomic mass is 9.96. The number of benzene rings is 1. The Hall–Kier alpha value is -1.30. The number of rotatable bonds is 6. The smallest absolute Gasteiger partial charge is 0.122 e. The molecule has 0 aliphatic carbocycles. The highest BCUT2D eigenvalue weighted by atomic mass is 16.3. The van der Waals surface area contributed by atoms with Gasteiger partial charge in [-0.15, -0.1) is 0 Å². The first kappa shape index (κ1) is 16.8. The minimum absolute atomic E-state index is 0.288. The van der Waals surface area contributed by atoms with Crippen LogP contribution in [0.3, 0.4) is 0 Å². The number of hydrogen-bond donors (Lipinski definition) is 2. The van der Waals surface area contributed by atoms with Crippen LogP contribution < -0.4 is 5.73 Å². The summed E-state index contributed by atoms with van der Waals surface area (Å²) in [7, 11) is 12.1. The van der Waals surface area contributed by atoms with Crippen molar-refractivity contribution >= 4 is 5.69 Å². The number of phenols is 1. The first-order valence-electron chi connectivity index (χ1n) is 6.78. The summed E-state index contributed by atoms with van der Waals surface area (Å²) in [6.45, 7) is 2.25. The maximum atomic E-state index is 10.3. The van der Waals surface area contributed by atoms with Crippen LogP contribution in [-0.4, -0.2) is 62.1 Å². The fourth-order valence-electron chi connectivity index (χ4n) is 2.34. The SMILES string of the molecule is CN(C)Cc1c(N)cc(O)c(CN(C)C)c1CN(C)C. The van der Waals surface area contributed by atoms with E-state index in [9.17, 15) is 5.11 Å². The van der Waals surface area contributed by atoms with Gasteiger partial charge in [0.25, 0.3) is 0 Å². The molecule has 0 unspecified atom stereocenters. The number of anilines is 1. The number of aromatic hydroxyl groups is 1. The Kier molecular flexibility index (Phi) is 5.80. The maximum Gasteiger partial charge on any atom is 0.122 e. The first-order valence-corrected chi connectivity index (χ1v) is 6.78. The monoisotopic (exact) mass is 280 g/mol. The molecule has 0 radical (unpaired) electrons. The van der Waals surface area contributed by atoms with E-state index in [4.69, 9.17) is 5.73 Å². The lowest BCUT2D eigenvalue weighted by Gasteiger charge is -2.24. The second kappa shape index (κ2) is 6.92. The van der Waals surface area contributed by atoms with E-state index in [2.05, 4.69) is 14.7 Å². The fraction of sp³-hybridized carbons (Fsp3) is 0.600. The number of nitrogens with two attached hydrogens (primary N) is 1. The molecule has 1 aromatic carbocycles. The third kappa shape index (κ3) is 4.37. The summed E-state index contributed by atoms with van der Waals surface area (Å²) in [4.78, 5) is 6.26. The first-order chi connectivity index (χ1) is 9.22. The molecule has 1 aromatic rings. The van der Waals surface area contributed by atoms with Crippen molar-refractivity contribution in [3.63, 3.8) is 0 Å². The van der Waals surface area contributed by atoms with Gasteiger partial charge in [-0.1, -0.05) is 0 Å². The molecule has 0 saturated carbocycles. The van der Waals surface area contributed by atoms with Gasteiger partial charge in [-0.3, -0.25) is 0 Å². The molecule has 0 aromatic heterocycles.